The molecule has 1 aliphatic carbocycles. The molecule has 4 atom stereocenters. The van der Waals surface area contributed by atoms with E-state index in [9.17, 15) is 36.4 Å². The molecule has 0 spiro atoms. The van der Waals surface area contributed by atoms with E-state index in [1.165, 1.54) is 11.0 Å². The van der Waals surface area contributed by atoms with Gasteiger partial charge in [-0.3, -0.25) is 23.9 Å². The Morgan fingerprint density at radius 1 is 1.09 bits per heavy atom. The summed E-state index contributed by atoms with van der Waals surface area (Å²) in [4.78, 5) is 62.8. The van der Waals surface area contributed by atoms with Crippen LogP contribution in [0.5, 0.6) is 11.5 Å². The van der Waals surface area contributed by atoms with Gasteiger partial charge < -0.3 is 24.6 Å². The van der Waals surface area contributed by atoms with Crippen LogP contribution in [0.15, 0.2) is 67.3 Å². The van der Waals surface area contributed by atoms with Crippen LogP contribution in [0.3, 0.4) is 0 Å². The van der Waals surface area contributed by atoms with Crippen molar-refractivity contribution in [3.8, 4) is 22.8 Å². The van der Waals surface area contributed by atoms with Gasteiger partial charge in [-0.15, -0.1) is 6.58 Å². The lowest BCUT2D eigenvalue weighted by Crippen LogP contribution is -2.55. The van der Waals surface area contributed by atoms with Crippen LogP contribution in [-0.2, 0) is 29.2 Å². The Morgan fingerprint density at radius 3 is 2.42 bits per heavy atom. The summed E-state index contributed by atoms with van der Waals surface area (Å²) in [5.74, 6) is -5.89. The predicted octanol–water partition coefficient (Wildman–Crippen LogP) is 4.85. The lowest BCUT2D eigenvalue weighted by atomic mass is 9.77. The van der Waals surface area contributed by atoms with Crippen molar-refractivity contribution in [2.45, 2.75) is 88.7 Å². The van der Waals surface area contributed by atoms with Gasteiger partial charge in [0.05, 0.1) is 42.6 Å². The Hall–Kier alpha value is -5.12. The molecule has 306 valence electrons. The second kappa shape index (κ2) is 16.4. The molecule has 2 saturated heterocycles. The van der Waals surface area contributed by atoms with Crippen molar-refractivity contribution < 1.29 is 45.9 Å². The minimum atomic E-state index is -3.94. The van der Waals surface area contributed by atoms with Crippen LogP contribution in [0.1, 0.15) is 59.3 Å². The first-order valence-electron chi connectivity index (χ1n) is 19.0. The molecule has 57 heavy (non-hydrogen) atoms. The molecular formula is C41H49F2N5O8S. The number of amides is 4. The van der Waals surface area contributed by atoms with Gasteiger partial charge in [-0.25, -0.2) is 22.2 Å². The zero-order valence-corrected chi connectivity index (χ0v) is 33.3. The number of pyridine rings is 1. The Kier molecular flexibility index (Phi) is 11.9. The summed E-state index contributed by atoms with van der Waals surface area (Å²) in [6, 6.07) is 14.0. The van der Waals surface area contributed by atoms with Crippen LogP contribution in [-0.4, -0.2) is 103 Å². The summed E-state index contributed by atoms with van der Waals surface area (Å²) < 4.78 is 67.6. The number of likely N-dealkylation sites (tertiary alicyclic amines) is 2. The second-order valence-corrected chi connectivity index (χ2v) is 18.0. The van der Waals surface area contributed by atoms with Crippen molar-refractivity contribution in [3.05, 3.63) is 67.3 Å². The highest BCUT2D eigenvalue weighted by atomic mass is 32.2. The number of aromatic nitrogens is 1. The summed E-state index contributed by atoms with van der Waals surface area (Å²) in [7, 11) is -2.39. The van der Waals surface area contributed by atoms with Gasteiger partial charge in [0.25, 0.3) is 11.8 Å². The smallest absolute Gasteiger partial charge is 0.267 e. The number of hydrogen-bond acceptors (Lipinski definition) is 9. The number of sulfonamides is 1. The molecule has 1 aromatic heterocycles. The number of nitrogens with one attached hydrogen (secondary N) is 2. The second-order valence-electron chi connectivity index (χ2n) is 16.1. The first-order chi connectivity index (χ1) is 26.9. The van der Waals surface area contributed by atoms with E-state index in [4.69, 9.17) is 14.5 Å². The number of ether oxygens (including phenoxy) is 2. The Morgan fingerprint density at radius 2 is 1.81 bits per heavy atom. The monoisotopic (exact) mass is 809 g/mol. The van der Waals surface area contributed by atoms with Gasteiger partial charge in [0.1, 0.15) is 29.7 Å². The highest BCUT2D eigenvalue weighted by Crippen LogP contribution is 2.38. The SMILES string of the molecule is C=CC[C@@H](NC(=O)[C@@H]1CC(Oc2cc(-c3ccccc3)nc3cc(OC)ccc23)CN1C(=O)C(CC(=O)N1CCC(F)(F)C1)C(C)(C)C)C(=O)NS(=O)(=O)C1CC1. The van der Waals surface area contributed by atoms with E-state index in [1.807, 2.05) is 30.3 Å². The number of halogens is 2. The fourth-order valence-corrected chi connectivity index (χ4v) is 8.61. The van der Waals surface area contributed by atoms with Crippen molar-refractivity contribution in [1.29, 1.82) is 0 Å². The third kappa shape index (κ3) is 9.71. The van der Waals surface area contributed by atoms with E-state index in [2.05, 4.69) is 16.6 Å². The quantitative estimate of drug-likeness (QED) is 0.217. The molecule has 0 radical (unpaired) electrons. The Labute approximate surface area is 331 Å². The molecule has 3 aliphatic rings. The first kappa shape index (κ1) is 41.5. The fourth-order valence-electron chi connectivity index (χ4n) is 7.27. The number of fused-ring (bicyclic) bond motifs is 1. The molecule has 3 heterocycles. The van der Waals surface area contributed by atoms with Gasteiger partial charge in [-0.1, -0.05) is 57.2 Å². The minimum absolute atomic E-state index is 0.0375. The van der Waals surface area contributed by atoms with Gasteiger partial charge in [-0.2, -0.15) is 0 Å². The number of hydrogen-bond donors (Lipinski definition) is 2. The number of benzene rings is 2. The van der Waals surface area contributed by atoms with Gasteiger partial charge in [0.15, 0.2) is 0 Å². The van der Waals surface area contributed by atoms with E-state index >= 15 is 0 Å². The highest BCUT2D eigenvalue weighted by Gasteiger charge is 2.48. The lowest BCUT2D eigenvalue weighted by molar-refractivity contribution is -0.148. The molecule has 1 saturated carbocycles. The average Bonchev–Trinajstić information content (AvgIpc) is 3.86. The van der Waals surface area contributed by atoms with E-state index < -0.39 is 87.3 Å². The highest BCUT2D eigenvalue weighted by molar-refractivity contribution is 7.90. The van der Waals surface area contributed by atoms with Crippen molar-refractivity contribution in [3.63, 3.8) is 0 Å². The maximum Gasteiger partial charge on any atom is 0.267 e. The standard InChI is InChI=1S/C41H49F2N5O8S/c1-6-10-31(37(50)46-57(53,54)28-14-15-28)45-38(51)34-20-27(23-48(34)39(52)30(40(2,3)4)21-36(49)47-18-17-41(42,43)24-47)56-35-22-32(25-11-8-7-9-12-25)44-33-19-26(55-5)13-16-29(33)35/h6-9,11-13,16,19,22,27-28,30-31,34H,1,10,14-15,17-18,20-21,23-24H2,2-5H3,(H,45,51)(H,46,50)/t27?,30?,31-,34+/m1/s1. The number of methoxy groups -OCH3 is 1. The van der Waals surface area contributed by atoms with E-state index in [0.29, 0.717) is 40.9 Å². The van der Waals surface area contributed by atoms with Crippen molar-refractivity contribution in [1.82, 2.24) is 24.8 Å². The van der Waals surface area contributed by atoms with Gasteiger partial charge >= 0.3 is 0 Å². The summed E-state index contributed by atoms with van der Waals surface area (Å²) in [5.41, 5.74) is 1.15. The lowest BCUT2D eigenvalue weighted by Gasteiger charge is -2.35. The minimum Gasteiger partial charge on any atom is -0.497 e. The maximum absolute atomic E-state index is 14.7. The van der Waals surface area contributed by atoms with Crippen LogP contribution in [0.2, 0.25) is 0 Å². The number of alkyl halides is 2. The molecule has 4 amide bonds. The molecule has 13 nitrogen and oxygen atoms in total. The zero-order valence-electron chi connectivity index (χ0n) is 32.5. The molecule has 16 heteroatoms. The Bertz CT molecular complexity index is 2140. The normalized spacial score (nSPS) is 20.5. The van der Waals surface area contributed by atoms with Crippen LogP contribution >= 0.6 is 0 Å². The molecule has 3 fully saturated rings. The van der Waals surface area contributed by atoms with Crippen LogP contribution < -0.4 is 19.5 Å². The molecule has 0 bridgehead atoms. The average molecular weight is 810 g/mol. The van der Waals surface area contributed by atoms with Gasteiger partial charge in [-0.05, 0) is 36.8 Å². The molecule has 2 N–H and O–H groups in total. The van der Waals surface area contributed by atoms with Crippen LogP contribution in [0, 0.1) is 11.3 Å². The van der Waals surface area contributed by atoms with Crippen LogP contribution in [0.4, 0.5) is 8.78 Å². The number of carbonyl (C=O) groups excluding carboxylic acids is 4. The van der Waals surface area contributed by atoms with Gasteiger partial charge in [0, 0.05) is 48.9 Å². The summed E-state index contributed by atoms with van der Waals surface area (Å²) in [5, 5.41) is 2.60. The zero-order chi connectivity index (χ0) is 41.3. The molecule has 2 unspecified atom stereocenters. The third-order valence-corrected chi connectivity index (χ3v) is 12.5. The molecular weight excluding hydrogens is 761 g/mol. The number of carbonyl (C=O) groups is 4. The van der Waals surface area contributed by atoms with Crippen molar-refractivity contribution >= 4 is 44.6 Å². The van der Waals surface area contributed by atoms with E-state index in [-0.39, 0.29) is 32.4 Å². The molecule has 2 aromatic carbocycles. The van der Waals surface area contributed by atoms with Crippen molar-refractivity contribution in [2.24, 2.45) is 11.3 Å². The summed E-state index contributed by atoms with van der Waals surface area (Å²) in [6.45, 7) is 7.96. The van der Waals surface area contributed by atoms with Crippen molar-refractivity contribution in [2.75, 3.05) is 26.7 Å². The predicted molar refractivity (Wildman–Crippen MR) is 209 cm³/mol. The number of nitrogens with zero attached hydrogens (tertiary/aromatic N) is 3. The largest absolute Gasteiger partial charge is 0.497 e. The number of rotatable bonds is 14. The first-order valence-corrected chi connectivity index (χ1v) is 20.6. The summed E-state index contributed by atoms with van der Waals surface area (Å²) >= 11 is 0. The molecule has 6 rings (SSSR count). The maximum atomic E-state index is 14.7. The molecule has 2 aliphatic heterocycles. The van der Waals surface area contributed by atoms with Gasteiger partial charge in [0.2, 0.25) is 27.7 Å². The van der Waals surface area contributed by atoms with E-state index in [1.54, 1.807) is 52.1 Å². The summed E-state index contributed by atoms with van der Waals surface area (Å²) in [6.07, 6.45) is 0.456. The fraction of sp³-hybridized carbons (Fsp3) is 0.488. The van der Waals surface area contributed by atoms with Crippen LogP contribution in [0.25, 0.3) is 22.2 Å². The molecule has 3 aromatic rings. The Balaban J connectivity index is 1.32. The third-order valence-electron chi connectivity index (χ3n) is 10.7. The topological polar surface area (TPSA) is 164 Å². The van der Waals surface area contributed by atoms with E-state index in [0.717, 1.165) is 10.5 Å².